The lowest BCUT2D eigenvalue weighted by molar-refractivity contribution is -0.116. The van der Waals surface area contributed by atoms with E-state index in [1.54, 1.807) is 0 Å². The molecule has 1 N–H and O–H groups in total. The normalized spacial score (nSPS) is 20.8. The highest BCUT2D eigenvalue weighted by Crippen LogP contribution is 2.47. The molecule has 0 aromatic heterocycles. The zero-order valence-corrected chi connectivity index (χ0v) is 12.4. The van der Waals surface area contributed by atoms with E-state index in [9.17, 15) is 4.79 Å². The third-order valence-electron chi connectivity index (χ3n) is 4.59. The quantitative estimate of drug-likeness (QED) is 0.827. The van der Waals surface area contributed by atoms with Crippen molar-refractivity contribution in [3.63, 3.8) is 0 Å². The molecule has 0 radical (unpaired) electrons. The first-order valence-electron chi connectivity index (χ1n) is 7.37. The SMILES string of the molecule is O=C1CCc2cc(C(Cl)C3Cc4ccccc43)ccc2N1. The second-order valence-electron chi connectivity index (χ2n) is 5.88. The maximum absolute atomic E-state index is 11.4. The molecule has 2 atom stereocenters. The van der Waals surface area contributed by atoms with Gasteiger partial charge in [0.2, 0.25) is 5.91 Å². The Hall–Kier alpha value is -1.80. The van der Waals surface area contributed by atoms with Crippen LogP contribution in [0.15, 0.2) is 42.5 Å². The van der Waals surface area contributed by atoms with Crippen molar-refractivity contribution in [2.24, 2.45) is 0 Å². The van der Waals surface area contributed by atoms with Gasteiger partial charge in [0.05, 0.1) is 5.38 Å². The minimum atomic E-state index is 0.00262. The van der Waals surface area contributed by atoms with Gasteiger partial charge in [-0.1, -0.05) is 36.4 Å². The van der Waals surface area contributed by atoms with Crippen LogP contribution in [0.2, 0.25) is 0 Å². The smallest absolute Gasteiger partial charge is 0.224 e. The molecule has 2 unspecified atom stereocenters. The molecule has 2 nitrogen and oxygen atoms in total. The van der Waals surface area contributed by atoms with Gasteiger partial charge in [-0.15, -0.1) is 11.6 Å². The topological polar surface area (TPSA) is 29.1 Å². The van der Waals surface area contributed by atoms with E-state index in [4.69, 9.17) is 11.6 Å². The molecule has 0 saturated heterocycles. The van der Waals surface area contributed by atoms with Crippen molar-refractivity contribution in [2.45, 2.75) is 30.6 Å². The molecule has 2 aromatic rings. The molecular formula is C18H16ClNO. The predicted molar refractivity (Wildman–Crippen MR) is 84.9 cm³/mol. The fourth-order valence-corrected chi connectivity index (χ4v) is 3.73. The number of amides is 1. The lowest BCUT2D eigenvalue weighted by atomic mass is 9.74. The van der Waals surface area contributed by atoms with Crippen molar-refractivity contribution in [1.82, 2.24) is 0 Å². The van der Waals surface area contributed by atoms with Crippen LogP contribution < -0.4 is 5.32 Å². The average molecular weight is 298 g/mol. The van der Waals surface area contributed by atoms with Gasteiger partial charge in [-0.25, -0.2) is 0 Å². The molecule has 1 heterocycles. The van der Waals surface area contributed by atoms with Gasteiger partial charge in [0.1, 0.15) is 0 Å². The molecule has 0 spiro atoms. The third kappa shape index (κ3) is 2.14. The molecule has 3 heteroatoms. The lowest BCUT2D eigenvalue weighted by Crippen LogP contribution is -2.22. The molecule has 2 aromatic carbocycles. The molecule has 0 bridgehead atoms. The van der Waals surface area contributed by atoms with Gasteiger partial charge in [0.15, 0.2) is 0 Å². The second kappa shape index (κ2) is 4.88. The summed E-state index contributed by atoms with van der Waals surface area (Å²) in [5, 5.41) is 2.92. The fourth-order valence-electron chi connectivity index (χ4n) is 3.37. The van der Waals surface area contributed by atoms with Gasteiger partial charge in [-0.05, 0) is 41.2 Å². The molecule has 4 rings (SSSR count). The Morgan fingerprint density at radius 2 is 1.95 bits per heavy atom. The highest BCUT2D eigenvalue weighted by Gasteiger charge is 2.32. The summed E-state index contributed by atoms with van der Waals surface area (Å²) in [6.45, 7) is 0. The van der Waals surface area contributed by atoms with Crippen molar-refractivity contribution in [3.05, 3.63) is 64.7 Å². The number of halogens is 1. The molecule has 2 aliphatic rings. The van der Waals surface area contributed by atoms with Gasteiger partial charge in [-0.2, -0.15) is 0 Å². The minimum absolute atomic E-state index is 0.00262. The molecule has 0 saturated carbocycles. The van der Waals surface area contributed by atoms with Gasteiger partial charge in [0, 0.05) is 18.0 Å². The number of anilines is 1. The van der Waals surface area contributed by atoms with Crippen molar-refractivity contribution in [3.8, 4) is 0 Å². The summed E-state index contributed by atoms with van der Waals surface area (Å²) in [6.07, 6.45) is 2.42. The van der Waals surface area contributed by atoms with Crippen molar-refractivity contribution < 1.29 is 4.79 Å². The Balaban J connectivity index is 1.61. The standard InChI is InChI=1S/C18H16ClNO/c19-18(15-10-11-3-1-2-4-14(11)15)13-5-7-16-12(9-13)6-8-17(21)20-16/h1-5,7,9,15,18H,6,8,10H2,(H,20,21). The van der Waals surface area contributed by atoms with E-state index in [0.29, 0.717) is 12.3 Å². The number of benzene rings is 2. The highest BCUT2D eigenvalue weighted by molar-refractivity contribution is 6.21. The number of rotatable bonds is 2. The minimum Gasteiger partial charge on any atom is -0.326 e. The van der Waals surface area contributed by atoms with Gasteiger partial charge < -0.3 is 5.32 Å². The first-order valence-corrected chi connectivity index (χ1v) is 7.80. The summed E-state index contributed by atoms with van der Waals surface area (Å²) in [7, 11) is 0. The number of carbonyl (C=O) groups is 1. The number of nitrogens with one attached hydrogen (secondary N) is 1. The van der Waals surface area contributed by atoms with E-state index < -0.39 is 0 Å². The summed E-state index contributed by atoms with van der Waals surface area (Å²) < 4.78 is 0. The van der Waals surface area contributed by atoms with Crippen LogP contribution in [0.5, 0.6) is 0 Å². The van der Waals surface area contributed by atoms with Crippen molar-refractivity contribution in [2.75, 3.05) is 5.32 Å². The van der Waals surface area contributed by atoms with E-state index in [1.165, 1.54) is 16.7 Å². The fraction of sp³-hybridized carbons (Fsp3) is 0.278. The number of alkyl halides is 1. The van der Waals surface area contributed by atoms with Crippen LogP contribution >= 0.6 is 11.6 Å². The Morgan fingerprint density at radius 1 is 1.10 bits per heavy atom. The molecule has 106 valence electrons. The predicted octanol–water partition coefficient (Wildman–Crippen LogP) is 4.19. The largest absolute Gasteiger partial charge is 0.326 e. The molecule has 21 heavy (non-hydrogen) atoms. The van der Waals surface area contributed by atoms with Gasteiger partial charge in [0.25, 0.3) is 0 Å². The Morgan fingerprint density at radius 3 is 2.81 bits per heavy atom. The average Bonchev–Trinajstić information content (AvgIpc) is 2.48. The maximum Gasteiger partial charge on any atom is 0.224 e. The third-order valence-corrected chi connectivity index (χ3v) is 5.15. The van der Waals surface area contributed by atoms with Crippen LogP contribution in [-0.2, 0) is 17.6 Å². The lowest BCUT2D eigenvalue weighted by Gasteiger charge is -2.34. The maximum atomic E-state index is 11.4. The zero-order valence-electron chi connectivity index (χ0n) is 11.6. The zero-order chi connectivity index (χ0) is 14.4. The van der Waals surface area contributed by atoms with Crippen molar-refractivity contribution in [1.29, 1.82) is 0 Å². The van der Waals surface area contributed by atoms with Crippen LogP contribution in [-0.4, -0.2) is 5.91 Å². The van der Waals surface area contributed by atoms with E-state index in [2.05, 4.69) is 35.6 Å². The Kier molecular flexibility index (Phi) is 3.00. The summed E-state index contributed by atoms with van der Waals surface area (Å²) in [6, 6.07) is 14.7. The number of carbonyl (C=O) groups excluding carboxylic acids is 1. The van der Waals surface area contributed by atoms with E-state index in [1.807, 2.05) is 12.1 Å². The van der Waals surface area contributed by atoms with Crippen LogP contribution in [0.25, 0.3) is 0 Å². The van der Waals surface area contributed by atoms with Crippen LogP contribution in [0.3, 0.4) is 0 Å². The first kappa shape index (κ1) is 12.9. The van der Waals surface area contributed by atoms with Crippen molar-refractivity contribution >= 4 is 23.2 Å². The highest BCUT2D eigenvalue weighted by atomic mass is 35.5. The first-order chi connectivity index (χ1) is 10.2. The summed E-state index contributed by atoms with van der Waals surface area (Å²) in [5.41, 5.74) is 6.09. The van der Waals surface area contributed by atoms with Gasteiger partial charge in [-0.3, -0.25) is 4.79 Å². The summed E-state index contributed by atoms with van der Waals surface area (Å²) in [4.78, 5) is 11.4. The van der Waals surface area contributed by atoms with E-state index >= 15 is 0 Å². The molecule has 1 aliphatic carbocycles. The Bertz CT molecular complexity index is 725. The van der Waals surface area contributed by atoms with E-state index in [-0.39, 0.29) is 11.3 Å². The van der Waals surface area contributed by atoms with Crippen LogP contribution in [0, 0.1) is 0 Å². The summed E-state index contributed by atoms with van der Waals surface area (Å²) >= 11 is 6.72. The second-order valence-corrected chi connectivity index (χ2v) is 6.35. The number of hydrogen-bond donors (Lipinski definition) is 1. The summed E-state index contributed by atoms with van der Waals surface area (Å²) in [5.74, 6) is 0.504. The van der Waals surface area contributed by atoms with Crippen LogP contribution in [0.1, 0.15) is 40.0 Å². The number of hydrogen-bond acceptors (Lipinski definition) is 1. The molecule has 0 fully saturated rings. The number of fused-ring (bicyclic) bond motifs is 2. The van der Waals surface area contributed by atoms with Gasteiger partial charge >= 0.3 is 0 Å². The monoisotopic (exact) mass is 297 g/mol. The van der Waals surface area contributed by atoms with E-state index in [0.717, 1.165) is 24.1 Å². The number of aryl methyl sites for hydroxylation is 1. The Labute approximate surface area is 129 Å². The molecular weight excluding hydrogens is 282 g/mol. The molecule has 1 aliphatic heterocycles. The van der Waals surface area contributed by atoms with Crippen LogP contribution in [0.4, 0.5) is 5.69 Å². The molecule has 1 amide bonds.